The summed E-state index contributed by atoms with van der Waals surface area (Å²) in [6, 6.07) is 93.0. The lowest BCUT2D eigenvalue weighted by Crippen LogP contribution is -1.91. The van der Waals surface area contributed by atoms with Crippen molar-refractivity contribution in [2.24, 2.45) is 0 Å². The molecule has 0 heterocycles. The third-order valence-electron chi connectivity index (χ3n) is 13.2. The third-order valence-corrected chi connectivity index (χ3v) is 13.2. The summed E-state index contributed by atoms with van der Waals surface area (Å²) in [7, 11) is 0. The molecular formula is C66H44. The maximum atomic E-state index is 2.40. The summed E-state index contributed by atoms with van der Waals surface area (Å²) >= 11 is 0. The van der Waals surface area contributed by atoms with Gasteiger partial charge in [-0.15, -0.1) is 0 Å². The van der Waals surface area contributed by atoms with Crippen molar-refractivity contribution in [2.45, 2.75) is 0 Å². The Hall–Kier alpha value is -8.58. The summed E-state index contributed by atoms with van der Waals surface area (Å²) in [4.78, 5) is 0. The van der Waals surface area contributed by atoms with Gasteiger partial charge in [0.15, 0.2) is 0 Å². The molecule has 0 aliphatic rings. The SMILES string of the molecule is C(=Cc1cccc(-c2ccc3c(-c4ccccc4)c4ccccc4c(-c4ccccc4)c3c2)c1)c1cccc(-c2cccc(-c3c4ccccc4c(-c4ccccc4)c4ccccc34)c2)c1. The quantitative estimate of drug-likeness (QED) is 0.106. The lowest BCUT2D eigenvalue weighted by molar-refractivity contribution is 1.59. The second-order valence-corrected chi connectivity index (χ2v) is 17.2. The van der Waals surface area contributed by atoms with Crippen LogP contribution in [0.2, 0.25) is 0 Å². The Balaban J connectivity index is 0.901. The first-order valence-corrected chi connectivity index (χ1v) is 22.8. The summed E-state index contributed by atoms with van der Waals surface area (Å²) in [5.41, 5.74) is 17.1. The molecule has 0 saturated heterocycles. The van der Waals surface area contributed by atoms with E-state index in [-0.39, 0.29) is 0 Å². The van der Waals surface area contributed by atoms with Crippen molar-refractivity contribution in [3.05, 3.63) is 266 Å². The van der Waals surface area contributed by atoms with E-state index in [4.69, 9.17) is 0 Å². The van der Waals surface area contributed by atoms with Gasteiger partial charge < -0.3 is 0 Å². The molecule has 0 saturated carbocycles. The van der Waals surface area contributed by atoms with Gasteiger partial charge in [0.25, 0.3) is 0 Å². The maximum Gasteiger partial charge on any atom is -0.00262 e. The summed E-state index contributed by atoms with van der Waals surface area (Å²) in [5.74, 6) is 0. The fraction of sp³-hybridized carbons (Fsp3) is 0. The van der Waals surface area contributed by atoms with E-state index in [1.165, 1.54) is 110 Å². The van der Waals surface area contributed by atoms with Crippen molar-refractivity contribution in [3.63, 3.8) is 0 Å². The van der Waals surface area contributed by atoms with E-state index in [1.54, 1.807) is 0 Å². The molecule has 12 rings (SSSR count). The van der Waals surface area contributed by atoms with Crippen LogP contribution in [0.1, 0.15) is 11.1 Å². The zero-order valence-electron chi connectivity index (χ0n) is 36.4. The first-order chi connectivity index (χ1) is 32.7. The van der Waals surface area contributed by atoms with E-state index in [1.807, 2.05) is 0 Å². The Labute approximate surface area is 386 Å². The molecule has 0 radical (unpaired) electrons. The molecule has 0 heteroatoms. The topological polar surface area (TPSA) is 0 Å². The molecule has 0 atom stereocenters. The van der Waals surface area contributed by atoms with Gasteiger partial charge in [0.05, 0.1) is 0 Å². The molecule has 0 aromatic heterocycles. The molecule has 0 aliphatic carbocycles. The highest BCUT2D eigenvalue weighted by Gasteiger charge is 2.19. The minimum absolute atomic E-state index is 1.16. The van der Waals surface area contributed by atoms with Gasteiger partial charge in [-0.2, -0.15) is 0 Å². The van der Waals surface area contributed by atoms with Gasteiger partial charge in [0.2, 0.25) is 0 Å². The molecule has 0 spiro atoms. The Kier molecular flexibility index (Phi) is 9.97. The van der Waals surface area contributed by atoms with Crippen molar-refractivity contribution >= 4 is 55.2 Å². The smallest absolute Gasteiger partial charge is 0.00262 e. The van der Waals surface area contributed by atoms with Crippen LogP contribution in [-0.4, -0.2) is 0 Å². The lowest BCUT2D eigenvalue weighted by atomic mass is 9.85. The van der Waals surface area contributed by atoms with E-state index in [0.29, 0.717) is 0 Å². The number of benzene rings is 12. The molecule has 308 valence electrons. The van der Waals surface area contributed by atoms with E-state index in [0.717, 1.165) is 11.1 Å². The minimum Gasteiger partial charge on any atom is -0.0622 e. The Morgan fingerprint density at radius 2 is 0.455 bits per heavy atom. The second-order valence-electron chi connectivity index (χ2n) is 17.2. The number of hydrogen-bond donors (Lipinski definition) is 0. The predicted molar refractivity (Wildman–Crippen MR) is 284 cm³/mol. The van der Waals surface area contributed by atoms with Crippen molar-refractivity contribution in [2.75, 3.05) is 0 Å². The third kappa shape index (κ3) is 7.06. The molecule has 0 nitrogen and oxygen atoms in total. The van der Waals surface area contributed by atoms with Gasteiger partial charge in [-0.05, 0) is 145 Å². The highest BCUT2D eigenvalue weighted by Crippen LogP contribution is 2.46. The van der Waals surface area contributed by atoms with Crippen LogP contribution in [0.5, 0.6) is 0 Å². The highest BCUT2D eigenvalue weighted by atomic mass is 14.2. The molecule has 0 bridgehead atoms. The average Bonchev–Trinajstić information content (AvgIpc) is 3.39. The van der Waals surface area contributed by atoms with Crippen molar-refractivity contribution in [3.8, 4) is 66.8 Å². The molecule has 0 aliphatic heterocycles. The van der Waals surface area contributed by atoms with Crippen LogP contribution in [0.4, 0.5) is 0 Å². The number of rotatable bonds is 8. The molecule has 0 amide bonds. The van der Waals surface area contributed by atoms with Crippen LogP contribution in [0.15, 0.2) is 255 Å². The Bertz CT molecular complexity index is 3730. The van der Waals surface area contributed by atoms with Gasteiger partial charge in [0, 0.05) is 0 Å². The van der Waals surface area contributed by atoms with E-state index in [9.17, 15) is 0 Å². The van der Waals surface area contributed by atoms with E-state index < -0.39 is 0 Å². The zero-order valence-corrected chi connectivity index (χ0v) is 36.4. The Morgan fingerprint density at radius 3 is 0.879 bits per heavy atom. The highest BCUT2D eigenvalue weighted by molar-refractivity contribution is 6.23. The average molecular weight is 837 g/mol. The zero-order chi connectivity index (χ0) is 43.8. The van der Waals surface area contributed by atoms with Crippen molar-refractivity contribution < 1.29 is 0 Å². The minimum atomic E-state index is 1.16. The standard InChI is InChI=1S/C66H44/c1-4-21-47(22-5-1)63-56-32-11-14-35-59(56)66(60-36-15-12-33-57(60)63)54-30-18-29-52(43-54)50-27-16-19-45(41-50)37-38-46-20-17-28-51(42-46)53-39-40-61-62(44-53)65(49-25-8-3-9-26-49)58-34-13-10-31-55(58)64(61)48-23-6-2-7-24-48/h1-44H. The van der Waals surface area contributed by atoms with Crippen molar-refractivity contribution in [1.29, 1.82) is 0 Å². The van der Waals surface area contributed by atoms with Gasteiger partial charge in [-0.1, -0.05) is 243 Å². The first kappa shape index (κ1) is 39.0. The van der Waals surface area contributed by atoms with Crippen molar-refractivity contribution in [1.82, 2.24) is 0 Å². The van der Waals surface area contributed by atoms with E-state index >= 15 is 0 Å². The second kappa shape index (κ2) is 16.8. The number of fused-ring (bicyclic) bond motifs is 4. The van der Waals surface area contributed by atoms with Crippen LogP contribution in [0.3, 0.4) is 0 Å². The fourth-order valence-electron chi connectivity index (χ4n) is 10.2. The monoisotopic (exact) mass is 836 g/mol. The molecule has 0 unspecified atom stereocenters. The lowest BCUT2D eigenvalue weighted by Gasteiger charge is -2.18. The first-order valence-electron chi connectivity index (χ1n) is 22.8. The Morgan fingerprint density at radius 1 is 0.167 bits per heavy atom. The molecule has 12 aromatic carbocycles. The summed E-state index contributed by atoms with van der Waals surface area (Å²) in [5, 5.41) is 10.1. The molecule has 12 aromatic rings. The molecular weight excluding hydrogens is 793 g/mol. The summed E-state index contributed by atoms with van der Waals surface area (Å²) in [6.07, 6.45) is 4.48. The summed E-state index contributed by atoms with van der Waals surface area (Å²) < 4.78 is 0. The van der Waals surface area contributed by atoms with Crippen LogP contribution in [-0.2, 0) is 0 Å². The van der Waals surface area contributed by atoms with Gasteiger partial charge >= 0.3 is 0 Å². The molecule has 0 fully saturated rings. The van der Waals surface area contributed by atoms with Crippen LogP contribution >= 0.6 is 0 Å². The maximum absolute atomic E-state index is 2.40. The van der Waals surface area contributed by atoms with Gasteiger partial charge in [-0.25, -0.2) is 0 Å². The van der Waals surface area contributed by atoms with Crippen LogP contribution in [0, 0.1) is 0 Å². The van der Waals surface area contributed by atoms with Crippen LogP contribution in [0.25, 0.3) is 122 Å². The normalized spacial score (nSPS) is 11.6. The van der Waals surface area contributed by atoms with Crippen LogP contribution < -0.4 is 0 Å². The number of hydrogen-bond acceptors (Lipinski definition) is 0. The van der Waals surface area contributed by atoms with Gasteiger partial charge in [0.1, 0.15) is 0 Å². The van der Waals surface area contributed by atoms with E-state index in [2.05, 4.69) is 267 Å². The van der Waals surface area contributed by atoms with Gasteiger partial charge in [-0.3, -0.25) is 0 Å². The largest absolute Gasteiger partial charge is 0.0622 e. The fourth-order valence-corrected chi connectivity index (χ4v) is 10.2. The predicted octanol–water partition coefficient (Wildman–Crippen LogP) is 18.5. The summed E-state index contributed by atoms with van der Waals surface area (Å²) in [6.45, 7) is 0. The molecule has 66 heavy (non-hydrogen) atoms. The molecule has 0 N–H and O–H groups in total.